The lowest BCUT2D eigenvalue weighted by atomic mass is 9.97. The first-order valence-electron chi connectivity index (χ1n) is 5.58. The summed E-state index contributed by atoms with van der Waals surface area (Å²) < 4.78 is 4.70. The molecule has 1 fully saturated rings. The molecule has 1 N–H and O–H groups in total. The summed E-state index contributed by atoms with van der Waals surface area (Å²) >= 11 is 0. The highest BCUT2D eigenvalue weighted by molar-refractivity contribution is 5.92. The van der Waals surface area contributed by atoms with Crippen LogP contribution >= 0.6 is 0 Å². The van der Waals surface area contributed by atoms with Gasteiger partial charge in [-0.3, -0.25) is 9.59 Å². The van der Waals surface area contributed by atoms with Crippen molar-refractivity contribution in [2.75, 3.05) is 20.2 Å². The smallest absolute Gasteiger partial charge is 0.308 e. The first-order valence-corrected chi connectivity index (χ1v) is 5.58. The molecule has 1 amide bonds. The second kappa shape index (κ2) is 4.99. The number of nitrogens with zero attached hydrogens (tertiary/aromatic N) is 2. The van der Waals surface area contributed by atoms with Crippen molar-refractivity contribution in [1.29, 1.82) is 0 Å². The maximum Gasteiger partial charge on any atom is 0.308 e. The molecule has 0 spiro atoms. The topological polar surface area (TPSA) is 75.3 Å². The van der Waals surface area contributed by atoms with E-state index in [2.05, 4.69) is 9.97 Å². The number of hydrogen-bond acceptors (Lipinski definition) is 4. The summed E-state index contributed by atoms with van der Waals surface area (Å²) in [5, 5.41) is 0. The number of aromatic nitrogens is 2. The Morgan fingerprint density at radius 1 is 1.47 bits per heavy atom. The number of piperidine rings is 1. The average Bonchev–Trinajstić information content (AvgIpc) is 2.91. The van der Waals surface area contributed by atoms with Crippen LogP contribution < -0.4 is 0 Å². The number of nitrogens with one attached hydrogen (secondary N) is 1. The van der Waals surface area contributed by atoms with Crippen LogP contribution in [0.25, 0.3) is 0 Å². The molecule has 1 saturated heterocycles. The summed E-state index contributed by atoms with van der Waals surface area (Å²) in [5.41, 5.74) is 0.488. The molecule has 0 aromatic carbocycles. The number of aromatic amines is 1. The minimum atomic E-state index is -0.182. The molecule has 2 rings (SSSR count). The number of esters is 1. The average molecular weight is 237 g/mol. The van der Waals surface area contributed by atoms with Gasteiger partial charge in [0.2, 0.25) is 0 Å². The lowest BCUT2D eigenvalue weighted by molar-refractivity contribution is -0.146. The quantitative estimate of drug-likeness (QED) is 0.757. The zero-order valence-corrected chi connectivity index (χ0v) is 9.68. The standard InChI is InChI=1S/C11H15N3O3/c1-17-11(16)8-2-4-14(5-3-8)10(15)9-6-12-7-13-9/h6-8H,2-5H2,1H3,(H,12,13). The van der Waals surface area contributed by atoms with Crippen LogP contribution in [-0.2, 0) is 9.53 Å². The summed E-state index contributed by atoms with van der Waals surface area (Å²) in [6.45, 7) is 1.16. The number of methoxy groups -OCH3 is 1. The van der Waals surface area contributed by atoms with Gasteiger partial charge in [-0.25, -0.2) is 4.98 Å². The van der Waals surface area contributed by atoms with E-state index >= 15 is 0 Å². The molecule has 1 aliphatic heterocycles. The number of hydrogen-bond donors (Lipinski definition) is 1. The number of imidazole rings is 1. The summed E-state index contributed by atoms with van der Waals surface area (Å²) in [6, 6.07) is 0. The minimum Gasteiger partial charge on any atom is -0.469 e. The molecule has 0 bridgehead atoms. The number of H-pyrrole nitrogens is 1. The van der Waals surface area contributed by atoms with E-state index in [1.807, 2.05) is 0 Å². The van der Waals surface area contributed by atoms with Crippen LogP contribution in [0.15, 0.2) is 12.5 Å². The van der Waals surface area contributed by atoms with E-state index in [4.69, 9.17) is 4.74 Å². The Kier molecular flexibility index (Phi) is 3.41. The van der Waals surface area contributed by atoms with E-state index in [1.165, 1.54) is 19.6 Å². The highest BCUT2D eigenvalue weighted by atomic mass is 16.5. The van der Waals surface area contributed by atoms with Gasteiger partial charge in [0.1, 0.15) is 5.69 Å². The van der Waals surface area contributed by atoms with Crippen LogP contribution in [0.4, 0.5) is 0 Å². The van der Waals surface area contributed by atoms with Gasteiger partial charge in [-0.2, -0.15) is 0 Å². The molecular weight excluding hydrogens is 222 g/mol. The Bertz CT molecular complexity index is 394. The van der Waals surface area contributed by atoms with Crippen molar-refractivity contribution in [1.82, 2.24) is 14.9 Å². The maximum absolute atomic E-state index is 11.9. The molecular formula is C11H15N3O3. The monoisotopic (exact) mass is 237 g/mol. The fraction of sp³-hybridized carbons (Fsp3) is 0.545. The number of amides is 1. The Morgan fingerprint density at radius 2 is 2.18 bits per heavy atom. The van der Waals surface area contributed by atoms with Crippen LogP contribution in [0.1, 0.15) is 23.3 Å². The number of rotatable bonds is 2. The van der Waals surface area contributed by atoms with Crippen LogP contribution in [-0.4, -0.2) is 46.9 Å². The van der Waals surface area contributed by atoms with Crippen molar-refractivity contribution in [3.05, 3.63) is 18.2 Å². The van der Waals surface area contributed by atoms with Crippen LogP contribution in [0, 0.1) is 5.92 Å². The zero-order valence-electron chi connectivity index (χ0n) is 9.68. The van der Waals surface area contributed by atoms with Gasteiger partial charge in [0.25, 0.3) is 5.91 Å². The van der Waals surface area contributed by atoms with E-state index in [9.17, 15) is 9.59 Å². The molecule has 0 saturated carbocycles. The molecule has 17 heavy (non-hydrogen) atoms. The Labute approximate surface area is 99.0 Å². The third-order valence-corrected chi connectivity index (χ3v) is 3.05. The summed E-state index contributed by atoms with van der Waals surface area (Å²) in [6.07, 6.45) is 4.31. The fourth-order valence-corrected chi connectivity index (χ4v) is 2.03. The molecule has 92 valence electrons. The molecule has 0 radical (unpaired) electrons. The van der Waals surface area contributed by atoms with E-state index < -0.39 is 0 Å². The lowest BCUT2D eigenvalue weighted by Crippen LogP contribution is -2.40. The highest BCUT2D eigenvalue weighted by Crippen LogP contribution is 2.19. The third kappa shape index (κ3) is 2.46. The van der Waals surface area contributed by atoms with Gasteiger partial charge in [-0.1, -0.05) is 0 Å². The van der Waals surface area contributed by atoms with Gasteiger partial charge in [-0.15, -0.1) is 0 Å². The van der Waals surface area contributed by atoms with Crippen molar-refractivity contribution in [2.45, 2.75) is 12.8 Å². The Morgan fingerprint density at radius 3 is 2.71 bits per heavy atom. The van der Waals surface area contributed by atoms with Crippen molar-refractivity contribution in [3.63, 3.8) is 0 Å². The predicted molar refractivity (Wildman–Crippen MR) is 59.2 cm³/mol. The predicted octanol–water partition coefficient (Wildman–Crippen LogP) is 0.435. The Hall–Kier alpha value is -1.85. The highest BCUT2D eigenvalue weighted by Gasteiger charge is 2.28. The molecule has 2 heterocycles. The molecule has 0 atom stereocenters. The summed E-state index contributed by atoms with van der Waals surface area (Å²) in [5.74, 6) is -0.324. The van der Waals surface area contributed by atoms with Crippen molar-refractivity contribution < 1.29 is 14.3 Å². The molecule has 6 nitrogen and oxygen atoms in total. The zero-order chi connectivity index (χ0) is 12.3. The van der Waals surface area contributed by atoms with E-state index in [1.54, 1.807) is 4.90 Å². The molecule has 6 heteroatoms. The number of carbonyl (C=O) groups is 2. The number of carbonyl (C=O) groups excluding carboxylic acids is 2. The SMILES string of the molecule is COC(=O)C1CCN(C(=O)c2cnc[nH]2)CC1. The molecule has 1 aliphatic rings. The van der Waals surface area contributed by atoms with E-state index in [0.717, 1.165) is 0 Å². The molecule has 0 aliphatic carbocycles. The molecule has 1 aromatic heterocycles. The van der Waals surface area contributed by atoms with Crippen molar-refractivity contribution >= 4 is 11.9 Å². The van der Waals surface area contributed by atoms with Crippen LogP contribution in [0.5, 0.6) is 0 Å². The second-order valence-electron chi connectivity index (χ2n) is 4.05. The number of ether oxygens (including phenoxy) is 1. The van der Waals surface area contributed by atoms with Crippen molar-refractivity contribution in [3.8, 4) is 0 Å². The van der Waals surface area contributed by atoms with Gasteiger partial charge >= 0.3 is 5.97 Å². The van der Waals surface area contributed by atoms with Gasteiger partial charge in [0.05, 0.1) is 25.6 Å². The number of likely N-dealkylation sites (tertiary alicyclic amines) is 1. The second-order valence-corrected chi connectivity index (χ2v) is 4.05. The van der Waals surface area contributed by atoms with Crippen molar-refractivity contribution in [2.24, 2.45) is 5.92 Å². The summed E-state index contributed by atoms with van der Waals surface area (Å²) in [7, 11) is 1.39. The minimum absolute atomic E-state index is 0.0641. The molecule has 0 unspecified atom stereocenters. The first kappa shape index (κ1) is 11.6. The van der Waals surface area contributed by atoms with Crippen LogP contribution in [0.3, 0.4) is 0 Å². The maximum atomic E-state index is 11.9. The summed E-state index contributed by atoms with van der Waals surface area (Å²) in [4.78, 5) is 31.6. The Balaban J connectivity index is 1.91. The van der Waals surface area contributed by atoms with Gasteiger partial charge in [0, 0.05) is 13.1 Å². The van der Waals surface area contributed by atoms with E-state index in [-0.39, 0.29) is 17.8 Å². The fourth-order valence-electron chi connectivity index (χ4n) is 2.03. The normalized spacial score (nSPS) is 16.9. The first-order chi connectivity index (χ1) is 8.22. The largest absolute Gasteiger partial charge is 0.469 e. The lowest BCUT2D eigenvalue weighted by Gasteiger charge is -2.30. The van der Waals surface area contributed by atoms with Crippen LogP contribution in [0.2, 0.25) is 0 Å². The third-order valence-electron chi connectivity index (χ3n) is 3.05. The van der Waals surface area contributed by atoms with Gasteiger partial charge < -0.3 is 14.6 Å². The van der Waals surface area contributed by atoms with Gasteiger partial charge in [0.15, 0.2) is 0 Å². The molecule has 1 aromatic rings. The van der Waals surface area contributed by atoms with E-state index in [0.29, 0.717) is 31.6 Å². The van der Waals surface area contributed by atoms with Gasteiger partial charge in [-0.05, 0) is 12.8 Å².